The summed E-state index contributed by atoms with van der Waals surface area (Å²) in [6, 6.07) is 12.9. The lowest BCUT2D eigenvalue weighted by atomic mass is 10.1. The number of carboxylic acid groups (broad SMARTS) is 1. The van der Waals surface area contributed by atoms with Gasteiger partial charge in [-0.05, 0) is 30.0 Å². The molecule has 0 radical (unpaired) electrons. The van der Waals surface area contributed by atoms with Crippen molar-refractivity contribution >= 4 is 57.6 Å². The average Bonchev–Trinajstić information content (AvgIpc) is 3.17. The van der Waals surface area contributed by atoms with Gasteiger partial charge in [-0.2, -0.15) is 0 Å². The highest BCUT2D eigenvalue weighted by atomic mass is 32.2. The number of nitrogens with zero attached hydrogens (tertiary/aromatic N) is 2. The number of benzene rings is 2. The molecule has 2 N–H and O–H groups in total. The molecule has 8 nitrogen and oxygen atoms in total. The van der Waals surface area contributed by atoms with Crippen molar-refractivity contribution in [2.45, 2.75) is 6.92 Å². The van der Waals surface area contributed by atoms with Crippen LogP contribution < -0.4 is 10.2 Å². The molecule has 2 aliphatic heterocycles. The molecule has 3 amide bonds. The lowest BCUT2D eigenvalue weighted by molar-refractivity contribution is -0.122. The number of hydrogen-bond donors (Lipinski definition) is 2. The zero-order valence-electron chi connectivity index (χ0n) is 15.0. The maximum absolute atomic E-state index is 12.9. The molecule has 2 aromatic carbocycles. The molecule has 1 saturated heterocycles. The summed E-state index contributed by atoms with van der Waals surface area (Å²) in [5, 5.41) is 12.0. The van der Waals surface area contributed by atoms with Gasteiger partial charge in [-0.25, -0.2) is 14.7 Å². The van der Waals surface area contributed by atoms with Crippen molar-refractivity contribution < 1.29 is 24.3 Å². The molecule has 0 aromatic heterocycles. The monoisotopic (exact) mass is 407 g/mol. The SMILES string of the molecule is CC(=O)N1C(=O)/C(=C2\SC(=Nc3ccccc3C(=O)O)NC2=O)c2ccccc21. The number of imide groups is 1. The fraction of sp³-hybridized carbons (Fsp3) is 0.0500. The van der Waals surface area contributed by atoms with E-state index in [0.717, 1.165) is 16.7 Å². The summed E-state index contributed by atoms with van der Waals surface area (Å²) in [6.07, 6.45) is 0. The summed E-state index contributed by atoms with van der Waals surface area (Å²) < 4.78 is 0. The number of carboxylic acids is 1. The average molecular weight is 407 g/mol. The molecular weight excluding hydrogens is 394 g/mol. The van der Waals surface area contributed by atoms with E-state index in [-0.39, 0.29) is 26.9 Å². The fourth-order valence-corrected chi connectivity index (χ4v) is 4.07. The Labute approximate surface area is 168 Å². The van der Waals surface area contributed by atoms with Gasteiger partial charge < -0.3 is 10.4 Å². The van der Waals surface area contributed by atoms with Crippen molar-refractivity contribution in [3.63, 3.8) is 0 Å². The quantitative estimate of drug-likeness (QED) is 0.739. The Morgan fingerprint density at radius 3 is 2.48 bits per heavy atom. The van der Waals surface area contributed by atoms with E-state index in [1.54, 1.807) is 36.4 Å². The van der Waals surface area contributed by atoms with E-state index in [1.807, 2.05) is 0 Å². The van der Waals surface area contributed by atoms with Gasteiger partial charge in [-0.1, -0.05) is 30.3 Å². The second-order valence-corrected chi connectivity index (χ2v) is 7.18. The van der Waals surface area contributed by atoms with Gasteiger partial charge in [-0.15, -0.1) is 0 Å². The summed E-state index contributed by atoms with van der Waals surface area (Å²) >= 11 is 0.930. The van der Waals surface area contributed by atoms with Gasteiger partial charge in [-0.3, -0.25) is 14.4 Å². The molecule has 2 aromatic rings. The largest absolute Gasteiger partial charge is 0.478 e. The van der Waals surface area contributed by atoms with Crippen LogP contribution in [0.15, 0.2) is 58.4 Å². The van der Waals surface area contributed by atoms with Gasteiger partial charge in [0.25, 0.3) is 11.8 Å². The third kappa shape index (κ3) is 3.11. The van der Waals surface area contributed by atoms with Crippen LogP contribution in [-0.2, 0) is 14.4 Å². The number of aliphatic imine (C=N–C) groups is 1. The first-order valence-electron chi connectivity index (χ1n) is 8.47. The first kappa shape index (κ1) is 18.6. The molecule has 0 saturated carbocycles. The van der Waals surface area contributed by atoms with Crippen LogP contribution in [-0.4, -0.2) is 34.0 Å². The number of nitrogens with one attached hydrogen (secondary N) is 1. The summed E-state index contributed by atoms with van der Waals surface area (Å²) in [5.41, 5.74) is 1.19. The highest BCUT2D eigenvalue weighted by molar-refractivity contribution is 8.18. The highest BCUT2D eigenvalue weighted by Crippen LogP contribution is 2.42. The van der Waals surface area contributed by atoms with Crippen LogP contribution in [0.3, 0.4) is 0 Å². The highest BCUT2D eigenvalue weighted by Gasteiger charge is 2.40. The summed E-state index contributed by atoms with van der Waals surface area (Å²) in [5.74, 6) is -2.71. The number of amidine groups is 1. The second kappa shape index (κ2) is 7.02. The van der Waals surface area contributed by atoms with Crippen LogP contribution in [0.4, 0.5) is 11.4 Å². The van der Waals surface area contributed by atoms with Crippen molar-refractivity contribution in [2.24, 2.45) is 4.99 Å². The number of thioether (sulfide) groups is 1. The van der Waals surface area contributed by atoms with Crippen molar-refractivity contribution in [1.82, 2.24) is 5.32 Å². The lowest BCUT2D eigenvalue weighted by Crippen LogP contribution is -2.31. The number of rotatable bonds is 2. The third-order valence-electron chi connectivity index (χ3n) is 4.36. The number of amides is 3. The number of anilines is 1. The molecule has 0 spiro atoms. The zero-order chi connectivity index (χ0) is 20.7. The van der Waals surface area contributed by atoms with Crippen molar-refractivity contribution in [2.75, 3.05) is 4.90 Å². The van der Waals surface area contributed by atoms with Gasteiger partial charge in [0, 0.05) is 12.5 Å². The summed E-state index contributed by atoms with van der Waals surface area (Å²) in [6.45, 7) is 1.28. The molecule has 4 rings (SSSR count). The van der Waals surface area contributed by atoms with Gasteiger partial charge in [0.15, 0.2) is 5.17 Å². The van der Waals surface area contributed by atoms with E-state index in [9.17, 15) is 24.3 Å². The van der Waals surface area contributed by atoms with E-state index in [2.05, 4.69) is 10.3 Å². The number of carbonyl (C=O) groups excluding carboxylic acids is 3. The van der Waals surface area contributed by atoms with Crippen LogP contribution in [0.1, 0.15) is 22.8 Å². The second-order valence-electron chi connectivity index (χ2n) is 6.18. The first-order chi connectivity index (χ1) is 13.9. The molecule has 0 atom stereocenters. The number of fused-ring (bicyclic) bond motifs is 1. The summed E-state index contributed by atoms with van der Waals surface area (Å²) in [4.78, 5) is 54.1. The van der Waals surface area contributed by atoms with Crippen LogP contribution in [0.25, 0.3) is 5.57 Å². The minimum Gasteiger partial charge on any atom is -0.478 e. The maximum atomic E-state index is 12.9. The molecule has 2 heterocycles. The predicted octanol–water partition coefficient (Wildman–Crippen LogP) is 2.54. The van der Waals surface area contributed by atoms with E-state index >= 15 is 0 Å². The minimum absolute atomic E-state index is 0.0130. The van der Waals surface area contributed by atoms with Crippen LogP contribution in [0.5, 0.6) is 0 Å². The normalized spacial score (nSPS) is 19.5. The van der Waals surface area contributed by atoms with Crippen molar-refractivity contribution in [3.05, 3.63) is 64.6 Å². The molecule has 9 heteroatoms. The van der Waals surface area contributed by atoms with Crippen LogP contribution in [0.2, 0.25) is 0 Å². The van der Waals surface area contributed by atoms with E-state index in [4.69, 9.17) is 0 Å². The minimum atomic E-state index is -1.14. The lowest BCUT2D eigenvalue weighted by Gasteiger charge is -2.11. The number of carbonyl (C=O) groups is 4. The molecule has 2 aliphatic rings. The van der Waals surface area contributed by atoms with E-state index < -0.39 is 23.7 Å². The molecule has 0 aliphatic carbocycles. The van der Waals surface area contributed by atoms with Crippen molar-refractivity contribution in [1.29, 1.82) is 0 Å². The van der Waals surface area contributed by atoms with Gasteiger partial charge in [0.2, 0.25) is 5.91 Å². The predicted molar refractivity (Wildman–Crippen MR) is 108 cm³/mol. The Hall–Kier alpha value is -3.72. The van der Waals surface area contributed by atoms with Gasteiger partial charge in [0.05, 0.1) is 27.4 Å². The molecule has 0 unspecified atom stereocenters. The van der Waals surface area contributed by atoms with Crippen molar-refractivity contribution in [3.8, 4) is 0 Å². The number of hydrogen-bond acceptors (Lipinski definition) is 6. The molecule has 0 bridgehead atoms. The first-order valence-corrected chi connectivity index (χ1v) is 9.29. The fourth-order valence-electron chi connectivity index (χ4n) is 3.15. The Balaban J connectivity index is 1.79. The molecule has 1 fully saturated rings. The third-order valence-corrected chi connectivity index (χ3v) is 5.34. The van der Waals surface area contributed by atoms with Crippen LogP contribution in [0, 0.1) is 0 Å². The topological polar surface area (TPSA) is 116 Å². The molecule has 144 valence electrons. The zero-order valence-corrected chi connectivity index (χ0v) is 15.8. The van der Waals surface area contributed by atoms with Crippen LogP contribution >= 0.6 is 11.8 Å². The van der Waals surface area contributed by atoms with Gasteiger partial charge >= 0.3 is 5.97 Å². The smallest absolute Gasteiger partial charge is 0.337 e. The molecule has 29 heavy (non-hydrogen) atoms. The molecular formula is C20H13N3O5S. The number of aromatic carboxylic acids is 1. The standard InChI is InChI=1S/C20H13N3O5S/c1-10(24)23-14-9-5-3-7-12(14)15(18(23)26)16-17(25)22-20(29-16)21-13-8-4-2-6-11(13)19(27)28/h2-9H,1H3,(H,27,28)(H,21,22,25)/b16-15-. The Morgan fingerprint density at radius 2 is 1.76 bits per heavy atom. The van der Waals surface area contributed by atoms with E-state index in [0.29, 0.717) is 11.3 Å². The Bertz CT molecular complexity index is 1170. The Morgan fingerprint density at radius 1 is 1.07 bits per heavy atom. The van der Waals surface area contributed by atoms with Gasteiger partial charge in [0.1, 0.15) is 0 Å². The summed E-state index contributed by atoms with van der Waals surface area (Å²) in [7, 11) is 0. The maximum Gasteiger partial charge on any atom is 0.337 e. The number of para-hydroxylation sites is 2. The Kier molecular flexibility index (Phi) is 4.51. The van der Waals surface area contributed by atoms with E-state index in [1.165, 1.54) is 19.1 Å².